The minimum absolute atomic E-state index is 0.0244. The summed E-state index contributed by atoms with van der Waals surface area (Å²) in [6.45, 7) is 3.95. The highest BCUT2D eigenvalue weighted by molar-refractivity contribution is 7.98. The quantitative estimate of drug-likeness (QED) is 0.0560. The second kappa shape index (κ2) is 22.7. The highest BCUT2D eigenvalue weighted by Crippen LogP contribution is 2.30. The first-order valence-electron chi connectivity index (χ1n) is 20.7. The minimum atomic E-state index is -1.48. The number of carbonyl (C=O) groups excluding carboxylic acids is 4. The number of nitrogens with zero attached hydrogens (tertiary/aromatic N) is 2. The summed E-state index contributed by atoms with van der Waals surface area (Å²) in [5.41, 5.74) is 0.648. The van der Waals surface area contributed by atoms with Gasteiger partial charge in [-0.3, -0.25) is 28.7 Å². The molecule has 0 saturated carbocycles. The number of hydrogen-bond donors (Lipinski definition) is 10. The number of benzene rings is 2. The van der Waals surface area contributed by atoms with Crippen molar-refractivity contribution in [2.24, 2.45) is 0 Å². The van der Waals surface area contributed by atoms with E-state index in [-0.39, 0.29) is 37.2 Å². The number of amides is 5. The van der Waals surface area contributed by atoms with Gasteiger partial charge in [-0.25, -0.2) is 14.4 Å². The molecule has 2 aromatic carbocycles. The number of thioether (sulfide) groups is 1. The lowest BCUT2D eigenvalue weighted by molar-refractivity contribution is -0.139. The van der Waals surface area contributed by atoms with Crippen LogP contribution in [-0.2, 0) is 36.8 Å². The highest BCUT2D eigenvalue weighted by atomic mass is 32.2. The summed E-state index contributed by atoms with van der Waals surface area (Å²) < 4.78 is 6.74. The van der Waals surface area contributed by atoms with Crippen LogP contribution in [0, 0.1) is 0 Å². The van der Waals surface area contributed by atoms with Crippen LogP contribution in [0.25, 0.3) is 10.9 Å². The molecule has 5 rings (SSSR count). The Balaban J connectivity index is 1.37. The number of ether oxygens (including phenoxy) is 1. The van der Waals surface area contributed by atoms with Crippen LogP contribution < -0.4 is 37.8 Å². The molecule has 0 spiro atoms. The molecule has 21 heteroatoms. The molecule has 344 valence electrons. The number of phenols is 1. The highest BCUT2D eigenvalue weighted by Gasteiger charge is 2.37. The number of fused-ring (bicyclic) bond motifs is 1. The number of carbonyl (C=O) groups is 5. The van der Waals surface area contributed by atoms with Crippen molar-refractivity contribution < 1.29 is 44.0 Å². The van der Waals surface area contributed by atoms with Crippen molar-refractivity contribution in [1.82, 2.24) is 46.0 Å². The van der Waals surface area contributed by atoms with Crippen LogP contribution in [0.3, 0.4) is 0 Å². The van der Waals surface area contributed by atoms with Crippen LogP contribution in [-0.4, -0.2) is 126 Å². The van der Waals surface area contributed by atoms with Crippen LogP contribution in [0.5, 0.6) is 5.75 Å². The average molecular weight is 906 g/mol. The molecule has 20 nitrogen and oxygen atoms in total. The van der Waals surface area contributed by atoms with Gasteiger partial charge in [0, 0.05) is 55.5 Å². The molecule has 1 fully saturated rings. The number of aliphatic hydroxyl groups is 1. The van der Waals surface area contributed by atoms with Crippen LogP contribution in [0.4, 0.5) is 4.79 Å². The molecular formula is C43H55N9O11S. The first-order chi connectivity index (χ1) is 30.6. The van der Waals surface area contributed by atoms with E-state index in [1.54, 1.807) is 37.6 Å². The maximum atomic E-state index is 14.2. The van der Waals surface area contributed by atoms with E-state index in [1.165, 1.54) is 29.8 Å². The van der Waals surface area contributed by atoms with Gasteiger partial charge in [-0.1, -0.05) is 37.3 Å². The van der Waals surface area contributed by atoms with E-state index in [9.17, 15) is 48.9 Å². The number of carboxylic acids is 1. The van der Waals surface area contributed by atoms with E-state index in [0.29, 0.717) is 29.8 Å². The summed E-state index contributed by atoms with van der Waals surface area (Å²) in [5, 5.41) is 45.2. The number of phenolic OH excluding ortho intramolecular Hbond substituents is 1. The van der Waals surface area contributed by atoms with Gasteiger partial charge in [-0.05, 0) is 74.1 Å². The Kier molecular flexibility index (Phi) is 17.2. The van der Waals surface area contributed by atoms with E-state index >= 15 is 0 Å². The molecule has 2 aromatic heterocycles. The number of aliphatic hydroxyl groups excluding tert-OH is 1. The van der Waals surface area contributed by atoms with Crippen molar-refractivity contribution in [1.29, 1.82) is 0 Å². The van der Waals surface area contributed by atoms with Crippen LogP contribution in [0.15, 0.2) is 88.5 Å². The van der Waals surface area contributed by atoms with Gasteiger partial charge in [0.15, 0.2) is 0 Å². The molecule has 4 aromatic rings. The standard InChI is InChI=1S/C43H55N9O11S/c1-5-15-44-32(19-25-9-8-10-27(53)18-25)39(58)51(3)24(2)36(38(57)46-23-28-21-34(54)40(63-28)52-16-13-35(55)49-43(52)62)50-37(56)31(14-17-64-4)47-42(61)48-33(41(59)60)20-26-22-45-30-12-7-6-11-29(26)30/h6-13,16,18,22-24,31-34,36,40,44-45,53-54H,5,14-15,17,19-21H2,1-4H3,(H,46,57)(H,50,56)(H,59,60)(H2,47,48,61)(H,49,55,62)/b28-23+/t24?,31?,32?,33?,34-,36?,40-/m0/s1. The Morgan fingerprint density at radius 1 is 1.00 bits per heavy atom. The third kappa shape index (κ3) is 12.8. The van der Waals surface area contributed by atoms with E-state index in [2.05, 4.69) is 36.6 Å². The summed E-state index contributed by atoms with van der Waals surface area (Å²) in [6.07, 6.45) is 4.04. The first kappa shape index (κ1) is 48.5. The first-order valence-corrected chi connectivity index (χ1v) is 22.1. The van der Waals surface area contributed by atoms with E-state index in [4.69, 9.17) is 4.74 Å². The molecule has 5 unspecified atom stereocenters. The molecule has 0 aliphatic carbocycles. The van der Waals surface area contributed by atoms with Crippen molar-refractivity contribution in [2.45, 2.75) is 88.5 Å². The molecule has 10 N–H and O–H groups in total. The third-order valence-electron chi connectivity index (χ3n) is 10.8. The van der Waals surface area contributed by atoms with Crippen LogP contribution in [0.2, 0.25) is 0 Å². The summed E-state index contributed by atoms with van der Waals surface area (Å²) in [7, 11) is 1.47. The van der Waals surface area contributed by atoms with Crippen molar-refractivity contribution in [3.63, 3.8) is 0 Å². The second-order valence-corrected chi connectivity index (χ2v) is 16.4. The third-order valence-corrected chi connectivity index (χ3v) is 11.4. The Labute approximate surface area is 372 Å². The topological polar surface area (TPSA) is 289 Å². The fourth-order valence-electron chi connectivity index (χ4n) is 7.19. The predicted octanol–water partition coefficient (Wildman–Crippen LogP) is 1.02. The van der Waals surface area contributed by atoms with Gasteiger partial charge in [0.05, 0.1) is 12.1 Å². The average Bonchev–Trinajstić information content (AvgIpc) is 3.85. The molecule has 64 heavy (non-hydrogen) atoms. The molecule has 0 radical (unpaired) electrons. The maximum absolute atomic E-state index is 14.2. The normalized spacial score (nSPS) is 17.7. The maximum Gasteiger partial charge on any atom is 0.331 e. The summed E-state index contributed by atoms with van der Waals surface area (Å²) >= 11 is 1.39. The molecule has 1 aliphatic rings. The SMILES string of the molecule is CCCNC(Cc1cccc(O)c1)C(=O)N(C)C(C)C(NC(=O)C(CCSC)NC(=O)NC(Cc1c[nH]c2ccccc12)C(=O)O)C(=O)N/C=C1\C[C@H](O)[C@@H](n2ccc(=O)[nH]c2=O)O1. The Bertz CT molecular complexity index is 2440. The Morgan fingerprint density at radius 2 is 1.75 bits per heavy atom. The minimum Gasteiger partial charge on any atom is -0.508 e. The molecular weight excluding hydrogens is 851 g/mol. The lowest BCUT2D eigenvalue weighted by atomic mass is 10.0. The zero-order valence-corrected chi connectivity index (χ0v) is 36.6. The van der Waals surface area contributed by atoms with Crippen molar-refractivity contribution >= 4 is 52.4 Å². The van der Waals surface area contributed by atoms with Crippen LogP contribution in [0.1, 0.15) is 50.5 Å². The van der Waals surface area contributed by atoms with Crippen molar-refractivity contribution in [3.05, 3.63) is 111 Å². The summed E-state index contributed by atoms with van der Waals surface area (Å²) in [5.74, 6) is -2.90. The number of aromatic amines is 2. The number of H-pyrrole nitrogens is 2. The van der Waals surface area contributed by atoms with Gasteiger partial charge < -0.3 is 56.5 Å². The number of nitrogens with one attached hydrogen (secondary N) is 7. The number of aliphatic carboxylic acids is 1. The number of likely N-dealkylation sites (N-methyl/N-ethyl adjacent to an activating group) is 1. The number of para-hydroxylation sites is 1. The Hall–Kier alpha value is -6.58. The molecule has 1 aliphatic heterocycles. The number of rotatable bonds is 21. The molecule has 1 saturated heterocycles. The molecule has 0 bridgehead atoms. The van der Waals surface area contributed by atoms with E-state index in [0.717, 1.165) is 33.9 Å². The van der Waals surface area contributed by atoms with Gasteiger partial charge in [0.2, 0.25) is 23.9 Å². The number of aromatic hydroxyl groups is 1. The monoisotopic (exact) mass is 905 g/mol. The zero-order chi connectivity index (χ0) is 46.5. The van der Waals surface area contributed by atoms with Gasteiger partial charge in [-0.15, -0.1) is 0 Å². The van der Waals surface area contributed by atoms with Crippen molar-refractivity contribution in [3.8, 4) is 5.75 Å². The van der Waals surface area contributed by atoms with Crippen LogP contribution >= 0.6 is 11.8 Å². The summed E-state index contributed by atoms with van der Waals surface area (Å²) in [6, 6.07) is 7.95. The lowest BCUT2D eigenvalue weighted by Crippen LogP contribution is -2.62. The van der Waals surface area contributed by atoms with Gasteiger partial charge in [0.1, 0.15) is 35.7 Å². The summed E-state index contributed by atoms with van der Waals surface area (Å²) in [4.78, 5) is 98.9. The molecule has 5 amide bonds. The fourth-order valence-corrected chi connectivity index (χ4v) is 7.66. The van der Waals surface area contributed by atoms with Crippen molar-refractivity contribution in [2.75, 3.05) is 25.6 Å². The zero-order valence-electron chi connectivity index (χ0n) is 35.8. The Morgan fingerprint density at radius 3 is 2.45 bits per heavy atom. The van der Waals surface area contributed by atoms with Gasteiger partial charge >= 0.3 is 17.7 Å². The number of urea groups is 1. The molecule has 7 atom stereocenters. The number of aromatic nitrogens is 3. The molecule has 3 heterocycles. The fraction of sp³-hybridized carbons (Fsp3) is 0.419. The second-order valence-electron chi connectivity index (χ2n) is 15.4. The number of carboxylic acid groups (broad SMARTS) is 1. The predicted molar refractivity (Wildman–Crippen MR) is 238 cm³/mol. The van der Waals surface area contributed by atoms with Gasteiger partial charge in [0.25, 0.3) is 5.56 Å². The lowest BCUT2D eigenvalue weighted by Gasteiger charge is -2.35. The van der Waals surface area contributed by atoms with E-state index in [1.807, 2.05) is 31.2 Å². The largest absolute Gasteiger partial charge is 0.508 e. The smallest absolute Gasteiger partial charge is 0.331 e. The number of hydrogen-bond acceptors (Lipinski definition) is 12. The van der Waals surface area contributed by atoms with Gasteiger partial charge in [-0.2, -0.15) is 11.8 Å². The van der Waals surface area contributed by atoms with E-state index < -0.39 is 83.5 Å².